The quantitative estimate of drug-likeness (QED) is 0.342. The fraction of sp³-hybridized carbons (Fsp3) is 1.00. The number of rotatable bonds is 2. The molecule has 1 saturated heterocycles. The van der Waals surface area contributed by atoms with Gasteiger partial charge in [-0.1, -0.05) is 0 Å². The van der Waals surface area contributed by atoms with E-state index < -0.39 is 40.9 Å². The van der Waals surface area contributed by atoms with Crippen LogP contribution in [0.2, 0.25) is 0 Å². The molecule has 0 aromatic rings. The molecule has 6 N–H and O–H groups in total. The Labute approximate surface area is 86.8 Å². The summed E-state index contributed by atoms with van der Waals surface area (Å²) in [5.41, 5.74) is 0. The fourth-order valence-corrected chi connectivity index (χ4v) is 1.83. The molecule has 0 amide bonds. The number of nitrogens with two attached hydrogens (primary N) is 1. The molecule has 90 valence electrons. The highest BCUT2D eigenvalue weighted by molar-refractivity contribution is 7.87. The molecule has 0 bridgehead atoms. The van der Waals surface area contributed by atoms with Gasteiger partial charge in [0, 0.05) is 0 Å². The zero-order valence-electron chi connectivity index (χ0n) is 7.94. The molecule has 1 fully saturated rings. The van der Waals surface area contributed by atoms with Crippen molar-refractivity contribution in [1.82, 2.24) is 4.72 Å². The van der Waals surface area contributed by atoms with Crippen LogP contribution in [-0.2, 0) is 14.9 Å². The second-order valence-corrected chi connectivity index (χ2v) is 4.72. The third-order valence-corrected chi connectivity index (χ3v) is 2.69. The van der Waals surface area contributed by atoms with Gasteiger partial charge in [-0.3, -0.25) is 0 Å². The van der Waals surface area contributed by atoms with E-state index in [-0.39, 0.29) is 0 Å². The first-order chi connectivity index (χ1) is 6.72. The van der Waals surface area contributed by atoms with Crippen molar-refractivity contribution in [2.75, 3.05) is 0 Å². The molecular weight excluding hydrogens is 228 g/mol. The summed E-state index contributed by atoms with van der Waals surface area (Å²) in [5, 5.41) is 32.7. The molecular formula is C6H14N2O6S. The summed E-state index contributed by atoms with van der Waals surface area (Å²) in [6.07, 6.45) is -6.53. The van der Waals surface area contributed by atoms with E-state index in [0.717, 1.165) is 0 Å². The first kappa shape index (κ1) is 12.8. The number of hydrogen-bond donors (Lipinski definition) is 5. The largest absolute Gasteiger partial charge is 0.388 e. The van der Waals surface area contributed by atoms with Crippen molar-refractivity contribution in [3.63, 3.8) is 0 Å². The smallest absolute Gasteiger partial charge is 0.276 e. The maximum atomic E-state index is 10.7. The van der Waals surface area contributed by atoms with Crippen LogP contribution in [0.1, 0.15) is 6.92 Å². The van der Waals surface area contributed by atoms with E-state index in [2.05, 4.69) is 5.14 Å². The van der Waals surface area contributed by atoms with Crippen molar-refractivity contribution >= 4 is 10.2 Å². The molecule has 1 aliphatic rings. The average molecular weight is 242 g/mol. The Hall–Kier alpha value is -0.290. The third-order valence-electron chi connectivity index (χ3n) is 2.13. The van der Waals surface area contributed by atoms with Gasteiger partial charge < -0.3 is 20.1 Å². The van der Waals surface area contributed by atoms with Crippen molar-refractivity contribution in [3.05, 3.63) is 0 Å². The van der Waals surface area contributed by atoms with Crippen molar-refractivity contribution < 1.29 is 28.5 Å². The van der Waals surface area contributed by atoms with Gasteiger partial charge in [0.05, 0.1) is 6.10 Å². The Bertz CT molecular complexity index is 320. The highest BCUT2D eigenvalue weighted by Gasteiger charge is 2.42. The fourth-order valence-electron chi connectivity index (χ4n) is 1.31. The van der Waals surface area contributed by atoms with E-state index in [9.17, 15) is 23.7 Å². The predicted octanol–water partition coefficient (Wildman–Crippen LogP) is -3.39. The van der Waals surface area contributed by atoms with E-state index >= 15 is 0 Å². The Balaban J connectivity index is 2.75. The van der Waals surface area contributed by atoms with Gasteiger partial charge in [-0.05, 0) is 6.92 Å². The van der Waals surface area contributed by atoms with E-state index in [1.54, 1.807) is 4.72 Å². The normalized spacial score (nSPS) is 42.9. The van der Waals surface area contributed by atoms with Gasteiger partial charge in [0.2, 0.25) is 0 Å². The van der Waals surface area contributed by atoms with Crippen LogP contribution in [0.15, 0.2) is 0 Å². The summed E-state index contributed by atoms with van der Waals surface area (Å²) in [6.45, 7) is 1.43. The standard InChI is InChI=1S/C6H14N2O6S/c1-2-3(9)4(10)5(11)6(14-2)8-15(7,12)13/h2-6,8-11H,1H3,(H2,7,12,13)/t2-,3-,4+,5-,6+/m0/s1. The van der Waals surface area contributed by atoms with Crippen molar-refractivity contribution in [2.45, 2.75) is 37.6 Å². The van der Waals surface area contributed by atoms with Crippen LogP contribution in [0.25, 0.3) is 0 Å². The maximum absolute atomic E-state index is 10.7. The van der Waals surface area contributed by atoms with Gasteiger partial charge in [-0.15, -0.1) is 0 Å². The van der Waals surface area contributed by atoms with E-state index in [4.69, 9.17) is 4.74 Å². The van der Waals surface area contributed by atoms with Crippen molar-refractivity contribution in [2.24, 2.45) is 5.14 Å². The van der Waals surface area contributed by atoms with Gasteiger partial charge in [0.1, 0.15) is 18.3 Å². The molecule has 0 aliphatic carbocycles. The minimum atomic E-state index is -4.05. The molecule has 5 atom stereocenters. The molecule has 0 radical (unpaired) electrons. The van der Waals surface area contributed by atoms with Gasteiger partial charge in [-0.2, -0.15) is 13.1 Å². The maximum Gasteiger partial charge on any atom is 0.276 e. The molecule has 1 rings (SSSR count). The second kappa shape index (κ2) is 4.29. The van der Waals surface area contributed by atoms with Crippen LogP contribution in [0, 0.1) is 0 Å². The molecule has 9 heteroatoms. The second-order valence-electron chi connectivity index (χ2n) is 3.40. The number of nitrogens with one attached hydrogen (secondary N) is 1. The van der Waals surface area contributed by atoms with Crippen LogP contribution in [0.4, 0.5) is 0 Å². The molecule has 0 spiro atoms. The van der Waals surface area contributed by atoms with E-state index in [1.807, 2.05) is 0 Å². The Morgan fingerprint density at radius 2 is 1.73 bits per heavy atom. The van der Waals surface area contributed by atoms with Crippen molar-refractivity contribution in [3.8, 4) is 0 Å². The molecule has 8 nitrogen and oxygen atoms in total. The van der Waals surface area contributed by atoms with Crippen LogP contribution < -0.4 is 9.86 Å². The minimum Gasteiger partial charge on any atom is -0.388 e. The molecule has 0 aromatic carbocycles. The lowest BCUT2D eigenvalue weighted by molar-refractivity contribution is -0.219. The highest BCUT2D eigenvalue weighted by atomic mass is 32.2. The molecule has 15 heavy (non-hydrogen) atoms. The van der Waals surface area contributed by atoms with Gasteiger partial charge in [0.25, 0.3) is 10.2 Å². The zero-order valence-corrected chi connectivity index (χ0v) is 8.76. The number of aliphatic hydroxyl groups excluding tert-OH is 3. The molecule has 0 aromatic heterocycles. The number of aliphatic hydroxyl groups is 3. The topological polar surface area (TPSA) is 142 Å². The lowest BCUT2D eigenvalue weighted by Gasteiger charge is -2.38. The lowest BCUT2D eigenvalue weighted by atomic mass is 9.99. The monoisotopic (exact) mass is 242 g/mol. The van der Waals surface area contributed by atoms with Crippen LogP contribution in [0.5, 0.6) is 0 Å². The van der Waals surface area contributed by atoms with Crippen LogP contribution in [0.3, 0.4) is 0 Å². The van der Waals surface area contributed by atoms with Crippen molar-refractivity contribution in [1.29, 1.82) is 0 Å². The van der Waals surface area contributed by atoms with Crippen LogP contribution in [-0.4, -0.2) is 54.4 Å². The predicted molar refractivity (Wildman–Crippen MR) is 48.6 cm³/mol. The summed E-state index contributed by atoms with van der Waals surface area (Å²) in [6, 6.07) is 0. The van der Waals surface area contributed by atoms with Crippen LogP contribution >= 0.6 is 0 Å². The summed E-state index contributed by atoms with van der Waals surface area (Å²) in [4.78, 5) is 0. The Kier molecular flexibility index (Phi) is 3.66. The first-order valence-electron chi connectivity index (χ1n) is 4.22. The van der Waals surface area contributed by atoms with Gasteiger partial charge in [-0.25, -0.2) is 5.14 Å². The first-order valence-corrected chi connectivity index (χ1v) is 5.76. The Morgan fingerprint density at radius 3 is 2.20 bits per heavy atom. The molecule has 0 saturated carbocycles. The van der Waals surface area contributed by atoms with E-state index in [1.165, 1.54) is 6.92 Å². The lowest BCUT2D eigenvalue weighted by Crippen LogP contribution is -2.62. The summed E-state index contributed by atoms with van der Waals surface area (Å²) < 4.78 is 28.1. The highest BCUT2D eigenvalue weighted by Crippen LogP contribution is 2.19. The summed E-state index contributed by atoms with van der Waals surface area (Å²) >= 11 is 0. The third kappa shape index (κ3) is 3.08. The number of hydrogen-bond acceptors (Lipinski definition) is 6. The molecule has 0 unspecified atom stereocenters. The SMILES string of the molecule is C[C@@H]1O[C@@H](NS(N)(=O)=O)[C@@H](O)[C@H](O)[C@H]1O. The van der Waals surface area contributed by atoms with E-state index in [0.29, 0.717) is 0 Å². The summed E-state index contributed by atoms with van der Waals surface area (Å²) in [5.74, 6) is 0. The Morgan fingerprint density at radius 1 is 1.20 bits per heavy atom. The molecule has 1 aliphatic heterocycles. The van der Waals surface area contributed by atoms with Gasteiger partial charge >= 0.3 is 0 Å². The molecule has 1 heterocycles. The zero-order chi connectivity index (χ0) is 11.8. The minimum absolute atomic E-state index is 0.817. The average Bonchev–Trinajstić information content (AvgIpc) is 2.08. The summed E-state index contributed by atoms with van der Waals surface area (Å²) in [7, 11) is -4.05. The number of ether oxygens (including phenoxy) is 1. The van der Waals surface area contributed by atoms with Gasteiger partial charge in [0.15, 0.2) is 6.23 Å².